The number of ether oxygens (including phenoxy) is 3. The van der Waals surface area contributed by atoms with Crippen LogP contribution < -0.4 is 20.0 Å². The molecule has 1 aliphatic rings. The van der Waals surface area contributed by atoms with Gasteiger partial charge in [0.05, 0.1) is 24.8 Å². The van der Waals surface area contributed by atoms with E-state index in [4.69, 9.17) is 19.0 Å². The molecule has 0 bridgehead atoms. The number of rotatable bonds is 8. The van der Waals surface area contributed by atoms with E-state index in [9.17, 15) is 35.1 Å². The van der Waals surface area contributed by atoms with Crippen LogP contribution in [0.1, 0.15) is 46.8 Å². The van der Waals surface area contributed by atoms with Gasteiger partial charge in [0.15, 0.2) is 5.92 Å². The monoisotopic (exact) mass is 619 g/mol. The van der Waals surface area contributed by atoms with E-state index < -0.39 is 35.6 Å². The fourth-order valence-corrected chi connectivity index (χ4v) is 4.96. The van der Waals surface area contributed by atoms with Gasteiger partial charge in [-0.05, 0) is 49.2 Å². The molecule has 4 aromatic rings. The number of nitrogens with zero attached hydrogens (tertiary/aromatic N) is 3. The molecule has 0 fully saturated rings. The van der Waals surface area contributed by atoms with Crippen LogP contribution in [-0.2, 0) is 19.1 Å². The van der Waals surface area contributed by atoms with Gasteiger partial charge in [-0.2, -0.15) is 10.5 Å². The quantitative estimate of drug-likeness (QED) is 0.244. The smallest absolute Gasteiger partial charge is 0.364 e. The van der Waals surface area contributed by atoms with Crippen LogP contribution in [0.5, 0.6) is 23.3 Å². The van der Waals surface area contributed by atoms with E-state index in [-0.39, 0.29) is 41.1 Å². The first kappa shape index (κ1) is 30.9. The van der Waals surface area contributed by atoms with Gasteiger partial charge in [-0.3, -0.25) is 4.79 Å². The van der Waals surface area contributed by atoms with Gasteiger partial charge in [0.2, 0.25) is 11.8 Å². The van der Waals surface area contributed by atoms with Gasteiger partial charge in [0.25, 0.3) is 0 Å². The van der Waals surface area contributed by atoms with Crippen LogP contribution in [0.15, 0.2) is 72.8 Å². The molecule has 2 heterocycles. The Morgan fingerprint density at radius 3 is 2.26 bits per heavy atom. The molecule has 0 saturated heterocycles. The van der Waals surface area contributed by atoms with E-state index in [1.54, 1.807) is 56.3 Å². The van der Waals surface area contributed by atoms with Crippen molar-refractivity contribution >= 4 is 29.1 Å². The maximum atomic E-state index is 13.5. The zero-order chi connectivity index (χ0) is 33.0. The Morgan fingerprint density at radius 1 is 0.870 bits per heavy atom. The molecule has 0 saturated carbocycles. The molecule has 5 rings (SSSR count). The Morgan fingerprint density at radius 2 is 1.59 bits per heavy atom. The molecule has 0 aliphatic carbocycles. The summed E-state index contributed by atoms with van der Waals surface area (Å²) >= 11 is 0. The fraction of sp³-hybridized carbons (Fsp3) is 0.147. The Kier molecular flexibility index (Phi) is 8.73. The number of carbonyl (C=O) groups excluding carboxylic acids is 3. The predicted octanol–water partition coefficient (Wildman–Crippen LogP) is 2.93. The van der Waals surface area contributed by atoms with Crippen molar-refractivity contribution in [3.8, 4) is 35.4 Å². The minimum Gasteiger partial charge on any atom is -0.492 e. The van der Waals surface area contributed by atoms with Crippen LogP contribution in [0.25, 0.3) is 11.1 Å². The van der Waals surface area contributed by atoms with Gasteiger partial charge in [0.1, 0.15) is 23.1 Å². The summed E-state index contributed by atoms with van der Waals surface area (Å²) in [7, 11) is 0. The molecule has 0 radical (unpaired) electrons. The molecule has 12 heteroatoms. The molecular formula is C34H25N3O9. The number of esters is 2. The number of hydrogen-bond donors (Lipinski definition) is 2. The highest BCUT2D eigenvalue weighted by molar-refractivity contribution is 6.15. The van der Waals surface area contributed by atoms with E-state index in [1.807, 2.05) is 12.1 Å². The highest BCUT2D eigenvalue weighted by Gasteiger charge is 2.28. The van der Waals surface area contributed by atoms with Crippen molar-refractivity contribution in [1.29, 1.82) is 10.5 Å². The Labute approximate surface area is 261 Å². The zero-order valence-corrected chi connectivity index (χ0v) is 24.5. The topological polar surface area (TPSA) is 181 Å². The third-order valence-corrected chi connectivity index (χ3v) is 7.00. The molecule has 1 unspecified atom stereocenters. The first-order valence-corrected chi connectivity index (χ1v) is 14.0. The summed E-state index contributed by atoms with van der Waals surface area (Å²) in [6.45, 7) is 3.38. The second kappa shape index (κ2) is 13.0. The first-order chi connectivity index (χ1) is 22.2. The van der Waals surface area contributed by atoms with Crippen LogP contribution in [0.4, 0.5) is 0 Å². The summed E-state index contributed by atoms with van der Waals surface area (Å²) in [4.78, 5) is 43.8. The van der Waals surface area contributed by atoms with E-state index in [1.165, 1.54) is 18.2 Å². The van der Waals surface area contributed by atoms with Crippen LogP contribution >= 0.6 is 0 Å². The summed E-state index contributed by atoms with van der Waals surface area (Å²) in [6, 6.07) is 21.9. The molecular weight excluding hydrogens is 594 g/mol. The van der Waals surface area contributed by atoms with Crippen molar-refractivity contribution in [2.45, 2.75) is 19.8 Å². The molecule has 12 nitrogen and oxygen atoms in total. The van der Waals surface area contributed by atoms with Gasteiger partial charge in [0, 0.05) is 33.7 Å². The number of aromatic hydroxyl groups is 2. The Hall–Kier alpha value is -6.53. The number of carbonyl (C=O) groups is 3. The van der Waals surface area contributed by atoms with Crippen molar-refractivity contribution in [3.05, 3.63) is 105 Å². The number of hydrogen-bond acceptors (Lipinski definition) is 11. The summed E-state index contributed by atoms with van der Waals surface area (Å²) in [5, 5.41) is 40.2. The van der Waals surface area contributed by atoms with Crippen LogP contribution in [-0.4, -0.2) is 46.1 Å². The van der Waals surface area contributed by atoms with Crippen molar-refractivity contribution in [2.24, 2.45) is 0 Å². The average Bonchev–Trinajstić information content (AvgIpc) is 3.36. The summed E-state index contributed by atoms with van der Waals surface area (Å²) in [5.41, 5.74) is 1.40. The maximum absolute atomic E-state index is 13.5. The molecule has 0 amide bonds. The minimum atomic E-state index is -1.25. The van der Waals surface area contributed by atoms with Crippen molar-refractivity contribution in [3.63, 3.8) is 0 Å². The van der Waals surface area contributed by atoms with Gasteiger partial charge in [-0.1, -0.05) is 36.4 Å². The largest absolute Gasteiger partial charge is 0.492 e. The Balaban J connectivity index is 1.76. The number of fused-ring (bicyclic) bond motifs is 2. The van der Waals surface area contributed by atoms with E-state index in [2.05, 4.69) is 0 Å². The van der Waals surface area contributed by atoms with Crippen LogP contribution in [0.2, 0.25) is 0 Å². The molecule has 3 aromatic carbocycles. The van der Waals surface area contributed by atoms with E-state index >= 15 is 0 Å². The summed E-state index contributed by atoms with van der Waals surface area (Å²) in [5.74, 6) is -4.32. The van der Waals surface area contributed by atoms with Crippen LogP contribution in [0, 0.1) is 22.7 Å². The minimum absolute atomic E-state index is 0.0502. The lowest BCUT2D eigenvalue weighted by atomic mass is 9.88. The number of nitriles is 2. The third kappa shape index (κ3) is 5.70. The number of benzene rings is 3. The molecule has 230 valence electrons. The van der Waals surface area contributed by atoms with E-state index in [0.29, 0.717) is 32.2 Å². The lowest BCUT2D eigenvalue weighted by molar-refractivity contribution is -0.143. The Bertz CT molecular complexity index is 2080. The maximum Gasteiger partial charge on any atom is 0.364 e. The SMILES string of the molecule is CCOC(=O)C(C#N)=c1ccc2c(c1)Oc1cc(C(C#N)C(=O)OCC)ccc1C=2c1ccccc1C(=O)On1c(O)ccc1O. The van der Waals surface area contributed by atoms with Gasteiger partial charge in [-0.15, -0.1) is 4.73 Å². The van der Waals surface area contributed by atoms with Gasteiger partial charge in [-0.25, -0.2) is 9.59 Å². The lowest BCUT2D eigenvalue weighted by Crippen LogP contribution is -2.25. The fourth-order valence-electron chi connectivity index (χ4n) is 4.96. The zero-order valence-electron chi connectivity index (χ0n) is 24.5. The molecule has 46 heavy (non-hydrogen) atoms. The molecule has 1 aliphatic heterocycles. The van der Waals surface area contributed by atoms with Gasteiger partial charge < -0.3 is 29.3 Å². The molecule has 1 aromatic heterocycles. The van der Waals surface area contributed by atoms with Crippen LogP contribution in [0.3, 0.4) is 0 Å². The standard InChI is InChI=1S/C34H25N3O9/c1-3-43-32(40)25(17-35)19-9-11-23-27(15-19)45-28-16-20(26(18-36)33(41)44-4-2)10-12-24(28)31(23)21-7-5-6-8-22(21)34(42)46-37-29(38)13-14-30(37)39/h5-16,25,38-39H,3-4H2,1-2H3. The number of aromatic nitrogens is 1. The average molecular weight is 620 g/mol. The highest BCUT2D eigenvalue weighted by Crippen LogP contribution is 2.39. The summed E-state index contributed by atoms with van der Waals surface area (Å²) < 4.78 is 16.9. The third-order valence-electron chi connectivity index (χ3n) is 7.00. The lowest BCUT2D eigenvalue weighted by Gasteiger charge is -2.23. The predicted molar refractivity (Wildman–Crippen MR) is 160 cm³/mol. The second-order valence-corrected chi connectivity index (χ2v) is 9.73. The second-order valence-electron chi connectivity index (χ2n) is 9.73. The first-order valence-electron chi connectivity index (χ1n) is 14.0. The van der Waals surface area contributed by atoms with E-state index in [0.717, 1.165) is 12.1 Å². The summed E-state index contributed by atoms with van der Waals surface area (Å²) in [6.07, 6.45) is 0. The molecule has 2 N–H and O–H groups in total. The normalized spacial score (nSPS) is 12.7. The van der Waals surface area contributed by atoms with Crippen molar-refractivity contribution < 1.29 is 43.6 Å². The van der Waals surface area contributed by atoms with Gasteiger partial charge >= 0.3 is 17.9 Å². The van der Waals surface area contributed by atoms with Crippen molar-refractivity contribution in [1.82, 2.24) is 4.73 Å². The van der Waals surface area contributed by atoms with Crippen molar-refractivity contribution in [2.75, 3.05) is 13.2 Å². The molecule has 0 spiro atoms. The molecule has 1 atom stereocenters. The highest BCUT2D eigenvalue weighted by atomic mass is 16.7.